The van der Waals surface area contributed by atoms with E-state index in [-0.39, 0.29) is 15.7 Å². The molecule has 5 nitrogen and oxygen atoms in total. The fourth-order valence-corrected chi connectivity index (χ4v) is 4.17. The average Bonchev–Trinajstić information content (AvgIpc) is 2.69. The average molecular weight is 334 g/mol. The van der Waals surface area contributed by atoms with E-state index in [1.807, 2.05) is 0 Å². The molecule has 2 heterocycles. The predicted octanol–water partition coefficient (Wildman–Crippen LogP) is 2.29. The molecule has 0 radical (unpaired) electrons. The van der Waals surface area contributed by atoms with E-state index in [2.05, 4.69) is 25.6 Å². The molecule has 0 unspecified atom stereocenters. The molecule has 2 aromatic rings. The van der Waals surface area contributed by atoms with Gasteiger partial charge in [0.15, 0.2) is 5.82 Å². The fraction of sp³-hybridized carbons (Fsp3) is 0. The molecule has 0 saturated carbocycles. The van der Waals surface area contributed by atoms with Gasteiger partial charge in [-0.2, -0.15) is 0 Å². The summed E-state index contributed by atoms with van der Waals surface area (Å²) in [6.45, 7) is 0. The molecule has 17 heavy (non-hydrogen) atoms. The van der Waals surface area contributed by atoms with Gasteiger partial charge in [0.05, 0.1) is 9.47 Å². The number of nitrogen functional groups attached to an aromatic ring is 1. The van der Waals surface area contributed by atoms with Crippen LogP contribution in [0, 0.1) is 0 Å². The zero-order valence-corrected chi connectivity index (χ0v) is 11.6. The van der Waals surface area contributed by atoms with Crippen LogP contribution in [0.4, 0.5) is 11.5 Å². The van der Waals surface area contributed by atoms with Crippen molar-refractivity contribution in [2.45, 2.75) is 4.21 Å². The summed E-state index contributed by atoms with van der Waals surface area (Å²) < 4.78 is 27.2. The number of hydrogen-bond donors (Lipinski definition) is 2. The minimum absolute atomic E-state index is 0.136. The molecule has 0 aliphatic rings. The Bertz CT molecular complexity index is 639. The molecule has 0 spiro atoms. The lowest BCUT2D eigenvalue weighted by Crippen LogP contribution is -2.13. The Morgan fingerprint density at radius 1 is 1.35 bits per heavy atom. The zero-order valence-electron chi connectivity index (χ0n) is 8.42. The van der Waals surface area contributed by atoms with Crippen LogP contribution in [-0.4, -0.2) is 13.4 Å². The molecule has 0 aromatic carbocycles. The lowest BCUT2D eigenvalue weighted by atomic mass is 10.4. The van der Waals surface area contributed by atoms with Gasteiger partial charge >= 0.3 is 0 Å². The normalized spacial score (nSPS) is 11.4. The van der Waals surface area contributed by atoms with Gasteiger partial charge in [0.25, 0.3) is 10.0 Å². The number of thiophene rings is 1. The number of hydrogen-bond acceptors (Lipinski definition) is 5. The number of anilines is 2. The van der Waals surface area contributed by atoms with Crippen LogP contribution in [0.1, 0.15) is 0 Å². The van der Waals surface area contributed by atoms with Gasteiger partial charge < -0.3 is 5.73 Å². The summed E-state index contributed by atoms with van der Waals surface area (Å²) in [6.07, 6.45) is 1.47. The van der Waals surface area contributed by atoms with Gasteiger partial charge in [0, 0.05) is 6.20 Å². The van der Waals surface area contributed by atoms with Gasteiger partial charge in [-0.05, 0) is 40.2 Å². The number of pyridine rings is 1. The van der Waals surface area contributed by atoms with Crippen molar-refractivity contribution in [3.63, 3.8) is 0 Å². The van der Waals surface area contributed by atoms with Crippen molar-refractivity contribution in [3.8, 4) is 0 Å². The van der Waals surface area contributed by atoms with E-state index in [4.69, 9.17) is 5.73 Å². The summed E-state index contributed by atoms with van der Waals surface area (Å²) in [5.41, 5.74) is 5.90. The molecular weight excluding hydrogens is 326 g/mol. The number of nitrogens with one attached hydrogen (secondary N) is 1. The minimum Gasteiger partial charge on any atom is -0.396 e. The minimum atomic E-state index is -3.62. The Morgan fingerprint density at radius 2 is 2.12 bits per heavy atom. The topological polar surface area (TPSA) is 85.1 Å². The van der Waals surface area contributed by atoms with Crippen molar-refractivity contribution < 1.29 is 8.42 Å². The molecule has 90 valence electrons. The monoisotopic (exact) mass is 333 g/mol. The zero-order chi connectivity index (χ0) is 12.5. The highest BCUT2D eigenvalue weighted by Gasteiger charge is 2.18. The van der Waals surface area contributed by atoms with Crippen molar-refractivity contribution in [1.82, 2.24) is 4.98 Å². The molecule has 8 heteroatoms. The summed E-state index contributed by atoms with van der Waals surface area (Å²) in [5, 5.41) is 0. The molecule has 3 N–H and O–H groups in total. The second-order valence-corrected chi connectivity index (χ2v) is 7.48. The first-order chi connectivity index (χ1) is 7.99. The fourth-order valence-electron chi connectivity index (χ4n) is 1.12. The first-order valence-corrected chi connectivity index (χ1v) is 7.57. The Labute approximate surface area is 111 Å². The maximum absolute atomic E-state index is 12.0. The molecule has 2 rings (SSSR count). The third-order valence-corrected chi connectivity index (χ3v) is 5.34. The smallest absolute Gasteiger partial charge is 0.272 e. The molecule has 0 atom stereocenters. The van der Waals surface area contributed by atoms with Crippen LogP contribution in [0.3, 0.4) is 0 Å². The highest BCUT2D eigenvalue weighted by Crippen LogP contribution is 2.28. The van der Waals surface area contributed by atoms with Gasteiger partial charge in [0.1, 0.15) is 4.21 Å². The van der Waals surface area contributed by atoms with Crippen molar-refractivity contribution in [2.75, 3.05) is 10.5 Å². The van der Waals surface area contributed by atoms with Crippen LogP contribution in [0.15, 0.2) is 38.5 Å². The number of nitrogens with zero attached hydrogens (tertiary/aromatic N) is 1. The highest BCUT2D eigenvalue weighted by molar-refractivity contribution is 9.11. The van der Waals surface area contributed by atoms with Crippen molar-refractivity contribution >= 4 is 48.8 Å². The van der Waals surface area contributed by atoms with E-state index in [9.17, 15) is 8.42 Å². The van der Waals surface area contributed by atoms with Gasteiger partial charge in [-0.1, -0.05) is 0 Å². The number of sulfonamides is 1. The highest BCUT2D eigenvalue weighted by atomic mass is 79.9. The number of nitrogens with two attached hydrogens (primary N) is 1. The van der Waals surface area contributed by atoms with E-state index < -0.39 is 10.0 Å². The summed E-state index contributed by atoms with van der Waals surface area (Å²) in [4.78, 5) is 3.87. The van der Waals surface area contributed by atoms with Gasteiger partial charge in [-0.15, -0.1) is 11.3 Å². The molecular formula is C9H8BrN3O2S2. The van der Waals surface area contributed by atoms with Crippen molar-refractivity contribution in [3.05, 3.63) is 34.2 Å². The van der Waals surface area contributed by atoms with E-state index in [0.29, 0.717) is 0 Å². The van der Waals surface area contributed by atoms with E-state index in [1.165, 1.54) is 12.3 Å². The van der Waals surface area contributed by atoms with Crippen LogP contribution >= 0.6 is 27.3 Å². The molecule has 0 fully saturated rings. The third kappa shape index (κ3) is 2.76. The van der Waals surface area contributed by atoms with Crippen LogP contribution in [0.5, 0.6) is 0 Å². The quantitative estimate of drug-likeness (QED) is 0.902. The van der Waals surface area contributed by atoms with Gasteiger partial charge in [-0.25, -0.2) is 13.4 Å². The second kappa shape index (κ2) is 4.63. The molecule has 0 aliphatic heterocycles. The maximum Gasteiger partial charge on any atom is 0.272 e. The molecule has 0 amide bonds. The van der Waals surface area contributed by atoms with Crippen LogP contribution in [-0.2, 0) is 10.0 Å². The Balaban J connectivity index is 2.33. The van der Waals surface area contributed by atoms with E-state index >= 15 is 0 Å². The van der Waals surface area contributed by atoms with Crippen molar-refractivity contribution in [2.24, 2.45) is 0 Å². The number of rotatable bonds is 3. The van der Waals surface area contributed by atoms with Crippen LogP contribution < -0.4 is 10.5 Å². The SMILES string of the molecule is Nc1cccnc1NS(=O)(=O)c1ccc(Br)s1. The summed E-state index contributed by atoms with van der Waals surface area (Å²) in [5.74, 6) is 0.136. The lowest BCUT2D eigenvalue weighted by molar-refractivity contribution is 0.603. The molecule has 0 aliphatic carbocycles. The van der Waals surface area contributed by atoms with Crippen LogP contribution in [0.2, 0.25) is 0 Å². The Morgan fingerprint density at radius 3 is 2.71 bits per heavy atom. The lowest BCUT2D eigenvalue weighted by Gasteiger charge is -2.06. The standard InChI is InChI=1S/C9H8BrN3O2S2/c10-7-3-4-8(16-7)17(14,15)13-9-6(11)2-1-5-12-9/h1-5H,11H2,(H,12,13). The molecule has 0 saturated heterocycles. The maximum atomic E-state index is 12.0. The van der Waals surface area contributed by atoms with E-state index in [0.717, 1.165) is 15.1 Å². The molecule has 2 aromatic heterocycles. The molecule has 0 bridgehead atoms. The van der Waals surface area contributed by atoms with Crippen LogP contribution in [0.25, 0.3) is 0 Å². The van der Waals surface area contributed by atoms with E-state index in [1.54, 1.807) is 18.2 Å². The predicted molar refractivity (Wildman–Crippen MR) is 71.5 cm³/mol. The second-order valence-electron chi connectivity index (χ2n) is 3.11. The third-order valence-electron chi connectivity index (χ3n) is 1.88. The number of aromatic nitrogens is 1. The summed E-state index contributed by atoms with van der Waals surface area (Å²) >= 11 is 4.33. The van der Waals surface area contributed by atoms with Gasteiger partial charge in [0.2, 0.25) is 0 Å². The summed E-state index contributed by atoms with van der Waals surface area (Å²) in [7, 11) is -3.62. The largest absolute Gasteiger partial charge is 0.396 e. The van der Waals surface area contributed by atoms with Crippen molar-refractivity contribution in [1.29, 1.82) is 0 Å². The number of halogens is 1. The summed E-state index contributed by atoms with van der Waals surface area (Å²) in [6, 6.07) is 6.39. The van der Waals surface area contributed by atoms with Gasteiger partial charge in [-0.3, -0.25) is 4.72 Å². The first-order valence-electron chi connectivity index (χ1n) is 4.48. The Hall–Kier alpha value is -1.12. The first kappa shape index (κ1) is 12.3. The Kier molecular flexibility index (Phi) is 3.36.